The lowest BCUT2D eigenvalue weighted by atomic mass is 10.0. The fourth-order valence-electron chi connectivity index (χ4n) is 1.73. The van der Waals surface area contributed by atoms with Crippen LogP contribution < -0.4 is 4.74 Å². The second-order valence-electron chi connectivity index (χ2n) is 3.64. The van der Waals surface area contributed by atoms with Gasteiger partial charge in [-0.25, -0.2) is 0 Å². The molecule has 0 bridgehead atoms. The molecule has 1 aromatic carbocycles. The number of halogens is 1. The lowest BCUT2D eigenvalue weighted by Gasteiger charge is -2.02. The predicted octanol–water partition coefficient (Wildman–Crippen LogP) is 2.98. The average molecular weight is 269 g/mol. The van der Waals surface area contributed by atoms with E-state index >= 15 is 0 Å². The van der Waals surface area contributed by atoms with E-state index in [0.29, 0.717) is 6.42 Å². The first-order chi connectivity index (χ1) is 7.31. The summed E-state index contributed by atoms with van der Waals surface area (Å²) in [4.78, 5) is 11.7. The molecule has 0 amide bonds. The Labute approximate surface area is 97.8 Å². The molecule has 1 aromatic rings. The molecule has 0 unspecified atom stereocenters. The number of benzene rings is 1. The van der Waals surface area contributed by atoms with Gasteiger partial charge in [0.15, 0.2) is 5.78 Å². The zero-order chi connectivity index (χ0) is 10.7. The summed E-state index contributed by atoms with van der Waals surface area (Å²) in [6.45, 7) is 0.744. The summed E-state index contributed by atoms with van der Waals surface area (Å²) >= 11 is 3.33. The summed E-state index contributed by atoms with van der Waals surface area (Å²) in [5.41, 5.74) is 1.99. The van der Waals surface area contributed by atoms with Gasteiger partial charge in [0, 0.05) is 23.7 Å². The summed E-state index contributed by atoms with van der Waals surface area (Å²) in [7, 11) is 0. The van der Waals surface area contributed by atoms with Gasteiger partial charge in [0.1, 0.15) is 5.75 Å². The van der Waals surface area contributed by atoms with E-state index in [4.69, 9.17) is 4.74 Å². The van der Waals surface area contributed by atoms with Gasteiger partial charge in [-0.15, -0.1) is 0 Å². The highest BCUT2D eigenvalue weighted by atomic mass is 79.9. The minimum Gasteiger partial charge on any atom is -0.493 e. The van der Waals surface area contributed by atoms with Gasteiger partial charge in [-0.05, 0) is 30.2 Å². The molecule has 0 atom stereocenters. The molecule has 0 N–H and O–H groups in total. The molecule has 0 radical (unpaired) electrons. The van der Waals surface area contributed by atoms with Crippen LogP contribution in [0.25, 0.3) is 0 Å². The van der Waals surface area contributed by atoms with E-state index in [0.717, 1.165) is 36.1 Å². The number of Topliss-reactive ketones (excluding diaryl/α,β-unsaturated/α-hetero) is 1. The predicted molar refractivity (Wildman–Crippen MR) is 63.0 cm³/mol. The van der Waals surface area contributed by atoms with E-state index in [1.165, 1.54) is 5.56 Å². The van der Waals surface area contributed by atoms with Crippen molar-refractivity contribution >= 4 is 21.7 Å². The Morgan fingerprint density at radius 3 is 3.13 bits per heavy atom. The summed E-state index contributed by atoms with van der Waals surface area (Å²) in [5.74, 6) is 1.16. The summed E-state index contributed by atoms with van der Waals surface area (Å²) in [5, 5.41) is 0.882. The number of hydrogen-bond acceptors (Lipinski definition) is 2. The van der Waals surface area contributed by atoms with E-state index in [9.17, 15) is 4.79 Å². The zero-order valence-electron chi connectivity index (χ0n) is 8.46. The van der Waals surface area contributed by atoms with Crippen molar-refractivity contribution in [3.8, 4) is 5.75 Å². The molecule has 0 aliphatic carbocycles. The maximum absolute atomic E-state index is 11.7. The van der Waals surface area contributed by atoms with Crippen LogP contribution in [0.4, 0.5) is 0 Å². The van der Waals surface area contributed by atoms with Crippen LogP contribution in [0.1, 0.15) is 28.8 Å². The van der Waals surface area contributed by atoms with Crippen LogP contribution in [0.5, 0.6) is 5.75 Å². The number of carbonyl (C=O) groups excluding carboxylic acids is 1. The molecular formula is C12H13BrO2. The molecule has 0 saturated heterocycles. The van der Waals surface area contributed by atoms with Gasteiger partial charge in [0.25, 0.3) is 0 Å². The summed E-state index contributed by atoms with van der Waals surface area (Å²) in [6.07, 6.45) is 2.44. The number of fused-ring (bicyclic) bond motifs is 1. The third kappa shape index (κ3) is 2.40. The number of hydrogen-bond donors (Lipinski definition) is 0. The zero-order valence-corrected chi connectivity index (χ0v) is 10.0. The first kappa shape index (κ1) is 10.7. The fraction of sp³-hybridized carbons (Fsp3) is 0.417. The normalized spacial score (nSPS) is 13.4. The number of rotatable bonds is 4. The van der Waals surface area contributed by atoms with Crippen molar-refractivity contribution in [3.05, 3.63) is 29.3 Å². The number of alkyl halides is 1. The molecule has 1 aliphatic heterocycles. The lowest BCUT2D eigenvalue weighted by molar-refractivity contribution is 0.0982. The first-order valence-corrected chi connectivity index (χ1v) is 6.28. The fourth-order valence-corrected chi connectivity index (χ4v) is 2.01. The van der Waals surface area contributed by atoms with Crippen LogP contribution in [-0.4, -0.2) is 17.7 Å². The van der Waals surface area contributed by atoms with Crippen molar-refractivity contribution in [3.63, 3.8) is 0 Å². The second kappa shape index (κ2) is 4.79. The van der Waals surface area contributed by atoms with Crippen molar-refractivity contribution in [1.29, 1.82) is 0 Å². The topological polar surface area (TPSA) is 26.3 Å². The third-order valence-electron chi connectivity index (χ3n) is 2.55. The molecule has 1 aliphatic rings. The van der Waals surface area contributed by atoms with Crippen molar-refractivity contribution < 1.29 is 9.53 Å². The van der Waals surface area contributed by atoms with Crippen LogP contribution in [0.3, 0.4) is 0 Å². The minimum atomic E-state index is 0.226. The molecule has 0 spiro atoms. The van der Waals surface area contributed by atoms with E-state index in [-0.39, 0.29) is 5.78 Å². The highest BCUT2D eigenvalue weighted by Gasteiger charge is 2.14. The van der Waals surface area contributed by atoms with Gasteiger partial charge in [0.2, 0.25) is 0 Å². The second-order valence-corrected chi connectivity index (χ2v) is 4.43. The smallest absolute Gasteiger partial charge is 0.162 e. The summed E-state index contributed by atoms with van der Waals surface area (Å²) < 4.78 is 5.40. The Kier molecular flexibility index (Phi) is 3.41. The van der Waals surface area contributed by atoms with Gasteiger partial charge in [-0.1, -0.05) is 15.9 Å². The minimum absolute atomic E-state index is 0.226. The molecular weight excluding hydrogens is 256 g/mol. The monoisotopic (exact) mass is 268 g/mol. The van der Waals surface area contributed by atoms with Gasteiger partial charge in [-0.2, -0.15) is 0 Å². The largest absolute Gasteiger partial charge is 0.493 e. The maximum Gasteiger partial charge on any atom is 0.162 e. The molecule has 0 saturated carbocycles. The SMILES string of the molecule is O=C(CCCBr)c1ccc2c(c1)CCO2. The van der Waals surface area contributed by atoms with E-state index in [2.05, 4.69) is 15.9 Å². The number of ether oxygens (including phenoxy) is 1. The van der Waals surface area contributed by atoms with Gasteiger partial charge in [0.05, 0.1) is 6.61 Å². The molecule has 2 rings (SSSR count). The Morgan fingerprint density at radius 1 is 1.47 bits per heavy atom. The van der Waals surface area contributed by atoms with Gasteiger partial charge >= 0.3 is 0 Å². The van der Waals surface area contributed by atoms with E-state index in [1.807, 2.05) is 18.2 Å². The maximum atomic E-state index is 11.7. The first-order valence-electron chi connectivity index (χ1n) is 5.16. The quantitative estimate of drug-likeness (QED) is 0.620. The Morgan fingerprint density at radius 2 is 2.33 bits per heavy atom. The van der Waals surface area contributed by atoms with Crippen LogP contribution in [-0.2, 0) is 6.42 Å². The molecule has 1 heterocycles. The molecule has 3 heteroatoms. The number of ketones is 1. The average Bonchev–Trinajstić information content (AvgIpc) is 2.72. The van der Waals surface area contributed by atoms with Crippen LogP contribution in [0.15, 0.2) is 18.2 Å². The van der Waals surface area contributed by atoms with Crippen molar-refractivity contribution in [2.45, 2.75) is 19.3 Å². The Hall–Kier alpha value is -0.830. The van der Waals surface area contributed by atoms with E-state index in [1.54, 1.807) is 0 Å². The molecule has 0 aromatic heterocycles. The van der Waals surface area contributed by atoms with Crippen LogP contribution in [0.2, 0.25) is 0 Å². The van der Waals surface area contributed by atoms with Crippen LogP contribution in [0, 0.1) is 0 Å². The van der Waals surface area contributed by atoms with Crippen LogP contribution >= 0.6 is 15.9 Å². The highest BCUT2D eigenvalue weighted by Crippen LogP contribution is 2.26. The van der Waals surface area contributed by atoms with Crippen molar-refractivity contribution in [1.82, 2.24) is 0 Å². The van der Waals surface area contributed by atoms with E-state index < -0.39 is 0 Å². The lowest BCUT2D eigenvalue weighted by Crippen LogP contribution is -1.99. The summed E-state index contributed by atoms with van der Waals surface area (Å²) in [6, 6.07) is 5.74. The Balaban J connectivity index is 2.12. The van der Waals surface area contributed by atoms with Gasteiger partial charge < -0.3 is 4.74 Å². The third-order valence-corrected chi connectivity index (χ3v) is 3.11. The molecule has 15 heavy (non-hydrogen) atoms. The van der Waals surface area contributed by atoms with Crippen molar-refractivity contribution in [2.24, 2.45) is 0 Å². The molecule has 2 nitrogen and oxygen atoms in total. The molecule has 0 fully saturated rings. The van der Waals surface area contributed by atoms with Crippen molar-refractivity contribution in [2.75, 3.05) is 11.9 Å². The highest BCUT2D eigenvalue weighted by molar-refractivity contribution is 9.09. The Bertz CT molecular complexity index is 374. The standard InChI is InChI=1S/C12H13BrO2/c13-6-1-2-11(14)9-3-4-12-10(8-9)5-7-15-12/h3-4,8H,1-2,5-7H2. The van der Waals surface area contributed by atoms with Gasteiger partial charge in [-0.3, -0.25) is 4.79 Å². The molecule has 80 valence electrons. The number of carbonyl (C=O) groups is 1.